The van der Waals surface area contributed by atoms with Crippen LogP contribution in [0.1, 0.15) is 43.7 Å². The number of ether oxygens (including phenoxy) is 1. The Balaban J connectivity index is 1.61. The molecule has 1 amide bonds. The summed E-state index contributed by atoms with van der Waals surface area (Å²) in [6.45, 7) is 2.53. The van der Waals surface area contributed by atoms with Crippen LogP contribution in [0.5, 0.6) is 5.75 Å². The maximum Gasteiger partial charge on any atom is 0.262 e. The van der Waals surface area contributed by atoms with Crippen LogP contribution in [0.25, 0.3) is 6.08 Å². The Morgan fingerprint density at radius 2 is 1.93 bits per heavy atom. The first-order valence-electron chi connectivity index (χ1n) is 9.95. The van der Waals surface area contributed by atoms with E-state index in [9.17, 15) is 10.1 Å². The van der Waals surface area contributed by atoms with E-state index in [4.69, 9.17) is 16.3 Å². The summed E-state index contributed by atoms with van der Waals surface area (Å²) in [5.41, 5.74) is 1.81. The van der Waals surface area contributed by atoms with Crippen LogP contribution in [-0.2, 0) is 11.4 Å². The van der Waals surface area contributed by atoms with Crippen LogP contribution in [-0.4, -0.2) is 11.9 Å². The zero-order valence-electron chi connectivity index (χ0n) is 16.5. The van der Waals surface area contributed by atoms with Gasteiger partial charge < -0.3 is 10.1 Å². The number of nitrogens with zero attached hydrogens (tertiary/aromatic N) is 1. The molecule has 150 valence electrons. The van der Waals surface area contributed by atoms with Crippen molar-refractivity contribution in [3.05, 3.63) is 70.3 Å². The average molecular weight is 409 g/mol. The molecule has 1 N–H and O–H groups in total. The summed E-state index contributed by atoms with van der Waals surface area (Å²) in [6.07, 6.45) is 6.03. The molecule has 0 unspecified atom stereocenters. The van der Waals surface area contributed by atoms with Crippen molar-refractivity contribution in [2.75, 3.05) is 0 Å². The number of hydrogen-bond acceptors (Lipinski definition) is 3. The van der Waals surface area contributed by atoms with Gasteiger partial charge in [-0.05, 0) is 48.6 Å². The summed E-state index contributed by atoms with van der Waals surface area (Å²) in [5.74, 6) is 0.841. The van der Waals surface area contributed by atoms with Gasteiger partial charge in [0.1, 0.15) is 24.0 Å². The summed E-state index contributed by atoms with van der Waals surface area (Å²) in [7, 11) is 0. The first-order valence-corrected chi connectivity index (χ1v) is 10.3. The van der Waals surface area contributed by atoms with E-state index >= 15 is 0 Å². The van der Waals surface area contributed by atoms with E-state index in [0.29, 0.717) is 23.3 Å². The van der Waals surface area contributed by atoms with Crippen LogP contribution in [0.15, 0.2) is 54.1 Å². The van der Waals surface area contributed by atoms with Gasteiger partial charge in [-0.3, -0.25) is 4.79 Å². The van der Waals surface area contributed by atoms with E-state index in [-0.39, 0.29) is 17.5 Å². The molecule has 3 rings (SSSR count). The van der Waals surface area contributed by atoms with Crippen LogP contribution in [0.4, 0.5) is 0 Å². The molecular formula is C24H25ClN2O2. The largest absolute Gasteiger partial charge is 0.489 e. The van der Waals surface area contributed by atoms with Crippen molar-refractivity contribution in [2.45, 2.75) is 45.3 Å². The molecule has 0 radical (unpaired) electrons. The van der Waals surface area contributed by atoms with Gasteiger partial charge in [-0.15, -0.1) is 0 Å². The lowest BCUT2D eigenvalue weighted by molar-refractivity contribution is -0.118. The number of carbonyl (C=O) groups is 1. The minimum absolute atomic E-state index is 0.118. The number of nitrogens with one attached hydrogen (secondary N) is 1. The molecular weight excluding hydrogens is 384 g/mol. The maximum absolute atomic E-state index is 12.5. The molecule has 29 heavy (non-hydrogen) atoms. The molecule has 0 bridgehead atoms. The summed E-state index contributed by atoms with van der Waals surface area (Å²) in [5, 5.41) is 13.1. The van der Waals surface area contributed by atoms with Crippen molar-refractivity contribution in [1.29, 1.82) is 5.26 Å². The fourth-order valence-corrected chi connectivity index (χ4v) is 3.72. The number of benzene rings is 2. The van der Waals surface area contributed by atoms with Crippen LogP contribution in [0.3, 0.4) is 0 Å². The Bertz CT molecular complexity index is 915. The molecule has 0 heterocycles. The number of nitriles is 1. The molecule has 0 aromatic heterocycles. The van der Waals surface area contributed by atoms with Crippen molar-refractivity contribution in [1.82, 2.24) is 5.32 Å². The molecule has 2 aromatic rings. The third-order valence-corrected chi connectivity index (χ3v) is 5.71. The highest BCUT2D eigenvalue weighted by atomic mass is 35.5. The Morgan fingerprint density at radius 3 is 2.62 bits per heavy atom. The molecule has 2 aromatic carbocycles. The van der Waals surface area contributed by atoms with Crippen LogP contribution >= 0.6 is 11.6 Å². The van der Waals surface area contributed by atoms with E-state index in [1.165, 1.54) is 6.42 Å². The van der Waals surface area contributed by atoms with Gasteiger partial charge in [-0.25, -0.2) is 0 Å². The van der Waals surface area contributed by atoms with E-state index < -0.39 is 0 Å². The lowest BCUT2D eigenvalue weighted by atomic mass is 9.86. The van der Waals surface area contributed by atoms with Crippen molar-refractivity contribution in [2.24, 2.45) is 5.92 Å². The number of amides is 1. The predicted octanol–water partition coefficient (Wildman–Crippen LogP) is 5.52. The monoisotopic (exact) mass is 408 g/mol. The first kappa shape index (κ1) is 21.0. The lowest BCUT2D eigenvalue weighted by Crippen LogP contribution is -2.41. The third-order valence-electron chi connectivity index (χ3n) is 5.34. The SMILES string of the molecule is C[C@H]1CCCC[C@@H]1NC(=O)/C(C#N)=C/c1ccc(OCc2ccccc2Cl)cc1. The van der Waals surface area contributed by atoms with Gasteiger partial charge in [0.25, 0.3) is 5.91 Å². The van der Waals surface area contributed by atoms with E-state index in [1.807, 2.05) is 54.6 Å². The van der Waals surface area contributed by atoms with Crippen molar-refractivity contribution in [3.8, 4) is 11.8 Å². The average Bonchev–Trinajstić information content (AvgIpc) is 2.74. The molecule has 4 nitrogen and oxygen atoms in total. The number of rotatable bonds is 6. The molecule has 2 atom stereocenters. The van der Waals surface area contributed by atoms with Crippen molar-refractivity contribution >= 4 is 23.6 Å². The highest BCUT2D eigenvalue weighted by Gasteiger charge is 2.24. The summed E-state index contributed by atoms with van der Waals surface area (Å²) < 4.78 is 5.77. The van der Waals surface area contributed by atoms with Gasteiger partial charge in [0.15, 0.2) is 0 Å². The Kier molecular flexibility index (Phi) is 7.32. The Morgan fingerprint density at radius 1 is 1.21 bits per heavy atom. The molecule has 1 saturated carbocycles. The number of halogens is 1. The zero-order chi connectivity index (χ0) is 20.6. The van der Waals surface area contributed by atoms with Crippen LogP contribution < -0.4 is 10.1 Å². The highest BCUT2D eigenvalue weighted by Crippen LogP contribution is 2.24. The summed E-state index contributed by atoms with van der Waals surface area (Å²) >= 11 is 6.14. The van der Waals surface area contributed by atoms with E-state index in [0.717, 1.165) is 30.4 Å². The van der Waals surface area contributed by atoms with Gasteiger partial charge in [-0.2, -0.15) is 5.26 Å². The second kappa shape index (κ2) is 10.1. The minimum Gasteiger partial charge on any atom is -0.489 e. The number of carbonyl (C=O) groups excluding carboxylic acids is 1. The quantitative estimate of drug-likeness (QED) is 0.505. The first-order chi connectivity index (χ1) is 14.1. The minimum atomic E-state index is -0.301. The zero-order valence-corrected chi connectivity index (χ0v) is 17.3. The predicted molar refractivity (Wildman–Crippen MR) is 115 cm³/mol. The van der Waals surface area contributed by atoms with Gasteiger partial charge in [0.05, 0.1) is 0 Å². The molecule has 0 aliphatic heterocycles. The van der Waals surface area contributed by atoms with Gasteiger partial charge >= 0.3 is 0 Å². The molecule has 1 aliphatic carbocycles. The van der Waals surface area contributed by atoms with E-state index in [2.05, 4.69) is 12.2 Å². The maximum atomic E-state index is 12.5. The van der Waals surface area contributed by atoms with E-state index in [1.54, 1.807) is 6.08 Å². The summed E-state index contributed by atoms with van der Waals surface area (Å²) in [4.78, 5) is 12.5. The second-order valence-electron chi connectivity index (χ2n) is 7.46. The lowest BCUT2D eigenvalue weighted by Gasteiger charge is -2.29. The van der Waals surface area contributed by atoms with Gasteiger partial charge in [-0.1, -0.05) is 61.7 Å². The third kappa shape index (κ3) is 5.85. The van der Waals surface area contributed by atoms with Crippen LogP contribution in [0.2, 0.25) is 5.02 Å². The smallest absolute Gasteiger partial charge is 0.262 e. The highest BCUT2D eigenvalue weighted by molar-refractivity contribution is 6.31. The Hall–Kier alpha value is -2.77. The second-order valence-corrected chi connectivity index (χ2v) is 7.87. The fraction of sp³-hybridized carbons (Fsp3) is 0.333. The standard InChI is InChI=1S/C24H25ClN2O2/c1-17-6-2-5-9-23(17)27-24(28)20(15-26)14-18-10-12-21(13-11-18)29-16-19-7-3-4-8-22(19)25/h3-4,7-8,10-14,17,23H,2,5-6,9,16H2,1H3,(H,27,28)/b20-14+/t17-,23-/m0/s1. The Labute approximate surface area is 177 Å². The van der Waals surface area contributed by atoms with Gasteiger partial charge in [0, 0.05) is 16.6 Å². The van der Waals surface area contributed by atoms with Crippen molar-refractivity contribution in [3.63, 3.8) is 0 Å². The van der Waals surface area contributed by atoms with Crippen molar-refractivity contribution < 1.29 is 9.53 Å². The molecule has 1 fully saturated rings. The number of hydrogen-bond donors (Lipinski definition) is 1. The normalized spacial score (nSPS) is 19.3. The molecule has 1 aliphatic rings. The molecule has 5 heteroatoms. The van der Waals surface area contributed by atoms with Crippen LogP contribution in [0, 0.1) is 17.2 Å². The fourth-order valence-electron chi connectivity index (χ4n) is 3.53. The topological polar surface area (TPSA) is 62.1 Å². The summed E-state index contributed by atoms with van der Waals surface area (Å²) in [6, 6.07) is 17.0. The molecule has 0 saturated heterocycles. The molecule has 0 spiro atoms. The van der Waals surface area contributed by atoms with Gasteiger partial charge in [0.2, 0.25) is 0 Å².